The van der Waals surface area contributed by atoms with E-state index in [1.807, 2.05) is 5.32 Å². The highest BCUT2D eigenvalue weighted by Crippen LogP contribution is 2.47. The van der Waals surface area contributed by atoms with Gasteiger partial charge in [-0.25, -0.2) is 4.39 Å². The van der Waals surface area contributed by atoms with E-state index in [1.165, 1.54) is 0 Å². The van der Waals surface area contributed by atoms with Gasteiger partial charge in [0.15, 0.2) is 0 Å². The number of hydrogen-bond donors (Lipinski definition) is 2. The molecule has 9 heteroatoms. The minimum absolute atomic E-state index is 0.0963. The lowest BCUT2D eigenvalue weighted by Gasteiger charge is -2.11. The van der Waals surface area contributed by atoms with E-state index in [0.717, 1.165) is 0 Å². The van der Waals surface area contributed by atoms with Crippen LogP contribution in [0.25, 0.3) is 0 Å². The maximum Gasteiger partial charge on any atom is 0.319 e. The molecule has 20 heavy (non-hydrogen) atoms. The number of hydrogen-bond acceptors (Lipinski definition) is 4. The zero-order valence-electron chi connectivity index (χ0n) is 9.85. The van der Waals surface area contributed by atoms with Crippen LogP contribution in [0.1, 0.15) is 12.8 Å². The minimum Gasteiger partial charge on any atom is -0.480 e. The van der Waals surface area contributed by atoms with Gasteiger partial charge < -0.3 is 10.4 Å². The molecule has 2 rings (SSSR count). The number of anilines is 1. The summed E-state index contributed by atoms with van der Waals surface area (Å²) in [7, 11) is 0. The van der Waals surface area contributed by atoms with Crippen molar-refractivity contribution in [2.75, 3.05) is 5.32 Å². The minimum atomic E-state index is -1.63. The number of rotatable bonds is 4. The number of nitrogens with zero attached hydrogens (tertiary/aromatic N) is 1. The van der Waals surface area contributed by atoms with Crippen molar-refractivity contribution in [3.05, 3.63) is 33.9 Å². The Hall–Kier alpha value is -2.58. The summed E-state index contributed by atoms with van der Waals surface area (Å²) in [5, 5.41) is 21.4. The molecule has 0 heterocycles. The summed E-state index contributed by atoms with van der Waals surface area (Å²) in [6.45, 7) is 0. The predicted octanol–water partition coefficient (Wildman–Crippen LogP) is 1.68. The lowest BCUT2D eigenvalue weighted by atomic mass is 10.1. The Morgan fingerprint density at radius 2 is 1.90 bits per heavy atom. The van der Waals surface area contributed by atoms with Gasteiger partial charge in [0.05, 0.1) is 10.6 Å². The third kappa shape index (κ3) is 2.17. The number of carboxylic acid groups (broad SMARTS) is 1. The fourth-order valence-corrected chi connectivity index (χ4v) is 1.68. The number of halogens is 2. The molecule has 1 aliphatic rings. The van der Waals surface area contributed by atoms with Gasteiger partial charge in [-0.1, -0.05) is 0 Å². The van der Waals surface area contributed by atoms with Crippen LogP contribution in [-0.4, -0.2) is 21.9 Å². The fourth-order valence-electron chi connectivity index (χ4n) is 1.68. The number of carbonyl (C=O) groups is 2. The maximum atomic E-state index is 13.4. The van der Waals surface area contributed by atoms with E-state index in [2.05, 4.69) is 0 Å². The summed E-state index contributed by atoms with van der Waals surface area (Å²) in [6.07, 6.45) is 0.193. The quantitative estimate of drug-likeness (QED) is 0.497. The standard InChI is InChI=1S/C11H8F2N2O5/c12-5-3-6(13)8(15(19)20)4-7(5)14-9(16)11(1-2-11)10(17)18/h3-4H,1-2H2,(H,14,16)(H,17,18). The van der Waals surface area contributed by atoms with Gasteiger partial charge in [-0.3, -0.25) is 19.7 Å². The van der Waals surface area contributed by atoms with E-state index in [9.17, 15) is 28.5 Å². The number of carboxylic acids is 1. The van der Waals surface area contributed by atoms with E-state index in [1.54, 1.807) is 0 Å². The molecule has 0 unspecified atom stereocenters. The number of amides is 1. The van der Waals surface area contributed by atoms with Crippen LogP contribution >= 0.6 is 0 Å². The first kappa shape index (κ1) is 13.8. The molecule has 1 saturated carbocycles. The van der Waals surface area contributed by atoms with Gasteiger partial charge in [-0.05, 0) is 12.8 Å². The van der Waals surface area contributed by atoms with Gasteiger partial charge in [-0.2, -0.15) is 4.39 Å². The van der Waals surface area contributed by atoms with Gasteiger partial charge >= 0.3 is 11.7 Å². The molecule has 2 N–H and O–H groups in total. The summed E-state index contributed by atoms with van der Waals surface area (Å²) in [4.78, 5) is 32.1. The van der Waals surface area contributed by atoms with Crippen molar-refractivity contribution in [2.45, 2.75) is 12.8 Å². The van der Waals surface area contributed by atoms with Crippen molar-refractivity contribution in [1.82, 2.24) is 0 Å². The van der Waals surface area contributed by atoms with Crippen molar-refractivity contribution in [1.29, 1.82) is 0 Å². The second-order valence-electron chi connectivity index (χ2n) is 4.38. The average molecular weight is 286 g/mol. The molecule has 1 aromatic rings. The molecule has 1 fully saturated rings. The Labute approximate surface area is 110 Å². The van der Waals surface area contributed by atoms with E-state index in [0.29, 0.717) is 6.07 Å². The molecule has 1 amide bonds. The molecule has 0 saturated heterocycles. The number of nitro groups is 1. The SMILES string of the molecule is O=C(O)C1(C(=O)Nc2cc([N+](=O)[O-])c(F)cc2F)CC1. The Kier molecular flexibility index (Phi) is 3.12. The molecule has 1 aromatic carbocycles. The highest BCUT2D eigenvalue weighted by Gasteiger charge is 2.57. The van der Waals surface area contributed by atoms with E-state index < -0.39 is 45.2 Å². The van der Waals surface area contributed by atoms with Crippen molar-refractivity contribution in [3.8, 4) is 0 Å². The van der Waals surface area contributed by atoms with Gasteiger partial charge in [0.25, 0.3) is 0 Å². The molecule has 0 spiro atoms. The molecule has 0 radical (unpaired) electrons. The predicted molar refractivity (Wildman–Crippen MR) is 60.9 cm³/mol. The molecular formula is C11H8F2N2O5. The van der Waals surface area contributed by atoms with Gasteiger partial charge in [0.1, 0.15) is 11.2 Å². The maximum absolute atomic E-state index is 13.4. The van der Waals surface area contributed by atoms with Crippen molar-refractivity contribution in [3.63, 3.8) is 0 Å². The highest BCUT2D eigenvalue weighted by molar-refractivity contribution is 6.10. The van der Waals surface area contributed by atoms with Crippen molar-refractivity contribution < 1.29 is 28.4 Å². The molecule has 0 atom stereocenters. The third-order valence-electron chi connectivity index (χ3n) is 3.08. The Morgan fingerprint density at radius 1 is 1.30 bits per heavy atom. The first-order valence-corrected chi connectivity index (χ1v) is 5.46. The molecule has 1 aliphatic carbocycles. The first-order valence-electron chi connectivity index (χ1n) is 5.46. The zero-order chi connectivity index (χ0) is 15.1. The Balaban J connectivity index is 2.30. The van der Waals surface area contributed by atoms with Crippen LogP contribution in [0.4, 0.5) is 20.2 Å². The summed E-state index contributed by atoms with van der Waals surface area (Å²) in [5.41, 5.74) is -3.27. The third-order valence-corrected chi connectivity index (χ3v) is 3.08. The monoisotopic (exact) mass is 286 g/mol. The second kappa shape index (κ2) is 4.51. The molecule has 0 aliphatic heterocycles. The number of carbonyl (C=O) groups excluding carboxylic acids is 1. The molecule has 0 bridgehead atoms. The largest absolute Gasteiger partial charge is 0.480 e. The van der Waals surface area contributed by atoms with Crippen molar-refractivity contribution >= 4 is 23.3 Å². The smallest absolute Gasteiger partial charge is 0.319 e. The van der Waals surface area contributed by atoms with Gasteiger partial charge in [0.2, 0.25) is 11.7 Å². The lowest BCUT2D eigenvalue weighted by Crippen LogP contribution is -2.31. The van der Waals surface area contributed by atoms with Crippen LogP contribution in [0.3, 0.4) is 0 Å². The number of nitrogens with one attached hydrogen (secondary N) is 1. The Bertz CT molecular complexity index is 627. The summed E-state index contributed by atoms with van der Waals surface area (Å²) in [5.74, 6) is -4.94. The molecular weight excluding hydrogens is 278 g/mol. The summed E-state index contributed by atoms with van der Waals surface area (Å²) in [6, 6.07) is 0.772. The number of nitro benzene ring substituents is 1. The van der Waals surface area contributed by atoms with Crippen LogP contribution in [0.15, 0.2) is 12.1 Å². The van der Waals surface area contributed by atoms with Crippen LogP contribution in [0.5, 0.6) is 0 Å². The Morgan fingerprint density at radius 3 is 2.35 bits per heavy atom. The topological polar surface area (TPSA) is 110 Å². The summed E-state index contributed by atoms with van der Waals surface area (Å²) < 4.78 is 26.5. The highest BCUT2D eigenvalue weighted by atomic mass is 19.1. The lowest BCUT2D eigenvalue weighted by molar-refractivity contribution is -0.387. The fraction of sp³-hybridized carbons (Fsp3) is 0.273. The number of aliphatic carboxylic acids is 1. The normalized spacial score (nSPS) is 15.5. The molecule has 7 nitrogen and oxygen atoms in total. The van der Waals surface area contributed by atoms with E-state index in [4.69, 9.17) is 5.11 Å². The first-order chi connectivity index (χ1) is 9.28. The molecule has 106 valence electrons. The zero-order valence-corrected chi connectivity index (χ0v) is 9.85. The second-order valence-corrected chi connectivity index (χ2v) is 4.38. The van der Waals surface area contributed by atoms with Gasteiger partial charge in [-0.15, -0.1) is 0 Å². The van der Waals surface area contributed by atoms with Crippen LogP contribution in [0.2, 0.25) is 0 Å². The van der Waals surface area contributed by atoms with Crippen LogP contribution in [-0.2, 0) is 9.59 Å². The van der Waals surface area contributed by atoms with Crippen LogP contribution < -0.4 is 5.32 Å². The summed E-state index contributed by atoms with van der Waals surface area (Å²) >= 11 is 0. The van der Waals surface area contributed by atoms with Crippen molar-refractivity contribution in [2.24, 2.45) is 5.41 Å². The molecule has 0 aromatic heterocycles. The van der Waals surface area contributed by atoms with E-state index >= 15 is 0 Å². The van der Waals surface area contributed by atoms with Crippen LogP contribution in [0, 0.1) is 27.2 Å². The number of benzene rings is 1. The average Bonchev–Trinajstić information content (AvgIpc) is 3.13. The van der Waals surface area contributed by atoms with E-state index in [-0.39, 0.29) is 18.9 Å². The van der Waals surface area contributed by atoms with Gasteiger partial charge in [0, 0.05) is 12.1 Å².